The molecule has 0 aliphatic rings. The number of aromatic nitrogens is 3. The molecule has 0 bridgehead atoms. The van der Waals surface area contributed by atoms with Gasteiger partial charge in [-0.05, 0) is 29.8 Å². The average molecular weight is 533 g/mol. The molecule has 0 radical (unpaired) electrons. The van der Waals surface area contributed by atoms with Crippen LogP contribution < -0.4 is 10.1 Å². The number of anilines is 1. The maximum absolute atomic E-state index is 13.7. The van der Waals surface area contributed by atoms with Gasteiger partial charge in [0.05, 0.1) is 6.54 Å². The third-order valence-electron chi connectivity index (χ3n) is 4.52. The number of rotatable bonds is 7. The molecule has 0 unspecified atom stereocenters. The van der Waals surface area contributed by atoms with Gasteiger partial charge in [0.1, 0.15) is 18.7 Å². The van der Waals surface area contributed by atoms with Crippen LogP contribution in [0.25, 0.3) is 0 Å². The predicted octanol–water partition coefficient (Wildman–Crippen LogP) is 5.75. The number of hydrogen-bond donors (Lipinski definition) is 1. The van der Waals surface area contributed by atoms with Gasteiger partial charge in [-0.3, -0.25) is 10.1 Å². The second-order valence-electron chi connectivity index (χ2n) is 6.91. The van der Waals surface area contributed by atoms with E-state index >= 15 is 0 Å². The minimum atomic E-state index is -2.31. The molecule has 4 aromatic rings. The molecule has 4 rings (SSSR count). The van der Waals surface area contributed by atoms with Crippen LogP contribution >= 0.6 is 23.2 Å². The molecule has 0 aliphatic carbocycles. The van der Waals surface area contributed by atoms with Gasteiger partial charge in [-0.25, -0.2) is 22.8 Å². The topological polar surface area (TPSA) is 82.2 Å². The quantitative estimate of drug-likeness (QED) is 0.186. The van der Waals surface area contributed by atoms with E-state index in [-0.39, 0.29) is 24.0 Å². The van der Waals surface area contributed by atoms with E-state index in [1.165, 1.54) is 23.1 Å². The van der Waals surface area contributed by atoms with Crippen molar-refractivity contribution in [1.29, 1.82) is 0 Å². The predicted molar refractivity (Wildman–Crippen MR) is 113 cm³/mol. The fourth-order valence-corrected chi connectivity index (χ4v) is 3.32. The molecule has 182 valence electrons. The zero-order valence-corrected chi connectivity index (χ0v) is 18.6. The zero-order chi connectivity index (χ0) is 25.3. The highest BCUT2D eigenvalue weighted by atomic mass is 35.5. The fraction of sp³-hybridized carbons (Fsp3) is 0.0952. The Morgan fingerprint density at radius 3 is 2.37 bits per heavy atom. The summed E-state index contributed by atoms with van der Waals surface area (Å²) in [7, 11) is 0. The first-order chi connectivity index (χ1) is 16.6. The van der Waals surface area contributed by atoms with Crippen molar-refractivity contribution in [3.05, 3.63) is 92.9 Å². The van der Waals surface area contributed by atoms with E-state index in [0.717, 1.165) is 0 Å². The van der Waals surface area contributed by atoms with E-state index in [9.17, 15) is 26.7 Å². The van der Waals surface area contributed by atoms with Crippen LogP contribution in [-0.4, -0.2) is 20.7 Å². The van der Waals surface area contributed by atoms with Crippen molar-refractivity contribution < 1.29 is 35.9 Å². The van der Waals surface area contributed by atoms with E-state index in [1.54, 1.807) is 18.2 Å². The molecule has 2 aromatic heterocycles. The summed E-state index contributed by atoms with van der Waals surface area (Å²) in [6, 6.07) is 7.37. The number of amides is 1. The molecular weight excluding hydrogens is 522 g/mol. The molecule has 35 heavy (non-hydrogen) atoms. The third kappa shape index (κ3) is 5.23. The SMILES string of the molecule is O=C(Nc1ncn(Cc2ccc(Cl)cc2Cl)n1)c1ccc(COc2c(F)c(F)c(F)c(F)c2F)o1. The first-order valence-electron chi connectivity index (χ1n) is 9.51. The summed E-state index contributed by atoms with van der Waals surface area (Å²) in [5.41, 5.74) is 0.711. The Balaban J connectivity index is 1.39. The molecule has 0 saturated carbocycles. The highest BCUT2D eigenvalue weighted by molar-refractivity contribution is 6.35. The Kier molecular flexibility index (Phi) is 6.94. The number of carbonyl (C=O) groups is 1. The van der Waals surface area contributed by atoms with Gasteiger partial charge in [0, 0.05) is 10.0 Å². The Bertz CT molecular complexity index is 1400. The van der Waals surface area contributed by atoms with Crippen LogP contribution in [-0.2, 0) is 13.2 Å². The summed E-state index contributed by atoms with van der Waals surface area (Å²) < 4.78 is 78.3. The van der Waals surface area contributed by atoms with Crippen molar-refractivity contribution in [2.75, 3.05) is 5.32 Å². The number of hydrogen-bond acceptors (Lipinski definition) is 5. The van der Waals surface area contributed by atoms with E-state index in [1.807, 2.05) is 0 Å². The maximum Gasteiger partial charge on any atom is 0.293 e. The fourth-order valence-electron chi connectivity index (χ4n) is 2.85. The van der Waals surface area contributed by atoms with Crippen LogP contribution in [0.5, 0.6) is 5.75 Å². The first kappa shape index (κ1) is 24.5. The third-order valence-corrected chi connectivity index (χ3v) is 5.11. The molecule has 2 aromatic carbocycles. The molecule has 0 aliphatic heterocycles. The van der Waals surface area contributed by atoms with E-state index < -0.39 is 47.3 Å². The lowest BCUT2D eigenvalue weighted by Gasteiger charge is -2.09. The van der Waals surface area contributed by atoms with Gasteiger partial charge in [-0.15, -0.1) is 5.10 Å². The second kappa shape index (κ2) is 9.92. The number of nitrogens with one attached hydrogen (secondary N) is 1. The summed E-state index contributed by atoms with van der Waals surface area (Å²) in [6.07, 6.45) is 1.35. The van der Waals surface area contributed by atoms with Crippen molar-refractivity contribution >= 4 is 35.1 Å². The van der Waals surface area contributed by atoms with Gasteiger partial charge >= 0.3 is 0 Å². The molecule has 0 spiro atoms. The molecule has 0 atom stereocenters. The maximum atomic E-state index is 13.7. The lowest BCUT2D eigenvalue weighted by Crippen LogP contribution is -2.13. The molecule has 7 nitrogen and oxygen atoms in total. The standard InChI is InChI=1S/C21H11Cl2F5N4O3/c22-10-2-1-9(12(23)5-10)6-32-8-29-21(31-32)30-20(33)13-4-3-11(35-13)7-34-19-17(27)15(25)14(24)16(26)18(19)28/h1-5,8H,6-7H2,(H,30,31,33). The average Bonchev–Trinajstić information content (AvgIpc) is 3.48. The summed E-state index contributed by atoms with van der Waals surface area (Å²) >= 11 is 12.0. The number of ether oxygens (including phenoxy) is 1. The van der Waals surface area contributed by atoms with Gasteiger partial charge < -0.3 is 9.15 Å². The summed E-state index contributed by atoms with van der Waals surface area (Å²) in [4.78, 5) is 16.3. The monoisotopic (exact) mass is 532 g/mol. The van der Waals surface area contributed by atoms with E-state index in [2.05, 4.69) is 20.1 Å². The molecule has 14 heteroatoms. The zero-order valence-electron chi connectivity index (χ0n) is 17.1. The van der Waals surface area contributed by atoms with Crippen molar-refractivity contribution in [3.8, 4) is 5.75 Å². The van der Waals surface area contributed by atoms with Gasteiger partial charge in [-0.1, -0.05) is 29.3 Å². The highest BCUT2D eigenvalue weighted by Crippen LogP contribution is 2.30. The lowest BCUT2D eigenvalue weighted by molar-refractivity contribution is 0.0991. The number of halogens is 7. The van der Waals surface area contributed by atoms with Crippen LogP contribution in [0, 0.1) is 29.1 Å². The van der Waals surface area contributed by atoms with Crippen LogP contribution in [0.3, 0.4) is 0 Å². The number of benzene rings is 2. The summed E-state index contributed by atoms with van der Waals surface area (Å²) in [5, 5.41) is 7.37. The summed E-state index contributed by atoms with van der Waals surface area (Å²) in [5.74, 6) is -13.6. The molecule has 0 saturated heterocycles. The first-order valence-corrected chi connectivity index (χ1v) is 10.3. The minimum Gasteiger partial charge on any atom is -0.479 e. The van der Waals surface area contributed by atoms with Crippen LogP contribution in [0.4, 0.5) is 27.9 Å². The van der Waals surface area contributed by atoms with E-state index in [0.29, 0.717) is 15.6 Å². The van der Waals surface area contributed by atoms with Crippen molar-refractivity contribution in [3.63, 3.8) is 0 Å². The summed E-state index contributed by atoms with van der Waals surface area (Å²) in [6.45, 7) is -0.473. The Morgan fingerprint density at radius 2 is 1.69 bits per heavy atom. The molecule has 0 fully saturated rings. The smallest absolute Gasteiger partial charge is 0.293 e. The Labute approximate surface area is 203 Å². The number of furan rings is 1. The second-order valence-corrected chi connectivity index (χ2v) is 7.75. The lowest BCUT2D eigenvalue weighted by atomic mass is 10.2. The molecule has 2 heterocycles. The minimum absolute atomic E-state index is 0.0595. The van der Waals surface area contributed by atoms with Crippen molar-refractivity contribution in [2.24, 2.45) is 0 Å². The molecule has 1 amide bonds. The van der Waals surface area contributed by atoms with Gasteiger partial charge in [0.25, 0.3) is 5.91 Å². The molecule has 1 N–H and O–H groups in total. The number of nitrogens with zero attached hydrogens (tertiary/aromatic N) is 3. The molecular formula is C21H11Cl2F5N4O3. The van der Waals surface area contributed by atoms with E-state index in [4.69, 9.17) is 27.6 Å². The number of carbonyl (C=O) groups excluding carboxylic acids is 1. The largest absolute Gasteiger partial charge is 0.479 e. The van der Waals surface area contributed by atoms with Crippen LogP contribution in [0.1, 0.15) is 21.9 Å². The normalized spacial score (nSPS) is 11.1. The van der Waals surface area contributed by atoms with Gasteiger partial charge in [-0.2, -0.15) is 8.78 Å². The van der Waals surface area contributed by atoms with Crippen LogP contribution in [0.2, 0.25) is 10.0 Å². The van der Waals surface area contributed by atoms with Gasteiger partial charge in [0.2, 0.25) is 35.0 Å². The van der Waals surface area contributed by atoms with Crippen molar-refractivity contribution in [1.82, 2.24) is 14.8 Å². The van der Waals surface area contributed by atoms with Crippen molar-refractivity contribution in [2.45, 2.75) is 13.2 Å². The Hall–Kier alpha value is -3.64. The van der Waals surface area contributed by atoms with Crippen LogP contribution in [0.15, 0.2) is 41.1 Å². The van der Waals surface area contributed by atoms with Gasteiger partial charge in [0.15, 0.2) is 11.5 Å². The Morgan fingerprint density at radius 1 is 1.00 bits per heavy atom. The highest BCUT2D eigenvalue weighted by Gasteiger charge is 2.27.